The number of nitrogens with one attached hydrogen (secondary N) is 1. The van der Waals surface area contributed by atoms with Crippen LogP contribution in [0.3, 0.4) is 0 Å². The number of hydrogen-bond donors (Lipinski definition) is 1. The molecule has 3 rings (SSSR count). The van der Waals surface area contributed by atoms with Crippen molar-refractivity contribution in [3.05, 3.63) is 65.6 Å². The molecule has 1 N–H and O–H groups in total. The first-order valence-corrected chi connectivity index (χ1v) is 6.97. The molecule has 108 valence electrons. The Hall–Kier alpha value is -2.20. The van der Waals surface area contributed by atoms with Crippen molar-refractivity contribution in [2.24, 2.45) is 0 Å². The van der Waals surface area contributed by atoms with Crippen LogP contribution in [0.15, 0.2) is 53.7 Å². The second-order valence-corrected chi connectivity index (χ2v) is 5.45. The lowest BCUT2D eigenvalue weighted by Crippen LogP contribution is -2.53. The highest BCUT2D eigenvalue weighted by Crippen LogP contribution is 2.46. The molecule has 1 aliphatic rings. The van der Waals surface area contributed by atoms with Crippen molar-refractivity contribution >= 4 is 23.3 Å². The van der Waals surface area contributed by atoms with Crippen LogP contribution in [0.1, 0.15) is 17.7 Å². The molecule has 5 heteroatoms. The van der Waals surface area contributed by atoms with Crippen LogP contribution in [0, 0.1) is 0 Å². The van der Waals surface area contributed by atoms with Crippen molar-refractivity contribution < 1.29 is 9.21 Å². The van der Waals surface area contributed by atoms with Crippen LogP contribution in [0.5, 0.6) is 0 Å². The van der Waals surface area contributed by atoms with E-state index in [1.807, 2.05) is 24.3 Å². The Morgan fingerprint density at radius 2 is 2.29 bits per heavy atom. The molecule has 1 aliphatic heterocycles. The van der Waals surface area contributed by atoms with Crippen molar-refractivity contribution in [3.63, 3.8) is 0 Å². The second kappa shape index (κ2) is 4.97. The number of benzene rings is 1. The van der Waals surface area contributed by atoms with Gasteiger partial charge in [0.25, 0.3) is 0 Å². The summed E-state index contributed by atoms with van der Waals surface area (Å²) < 4.78 is 5.63. The number of nitrogens with zero attached hydrogens (tertiary/aromatic N) is 1. The van der Waals surface area contributed by atoms with Crippen LogP contribution in [0.4, 0.5) is 10.5 Å². The average Bonchev–Trinajstić information content (AvgIpc) is 2.99. The molecule has 2 heterocycles. The highest BCUT2D eigenvalue weighted by molar-refractivity contribution is 6.30. The van der Waals surface area contributed by atoms with E-state index in [2.05, 4.69) is 11.9 Å². The molecule has 0 saturated heterocycles. The maximum Gasteiger partial charge on any atom is 0.322 e. The molecule has 0 radical (unpaired) electrons. The van der Waals surface area contributed by atoms with Gasteiger partial charge < -0.3 is 14.6 Å². The zero-order valence-corrected chi connectivity index (χ0v) is 12.4. The number of rotatable bonds is 3. The number of urea groups is 1. The van der Waals surface area contributed by atoms with E-state index in [1.54, 1.807) is 30.4 Å². The number of furan rings is 1. The largest absolute Gasteiger partial charge is 0.466 e. The minimum Gasteiger partial charge on any atom is -0.466 e. The lowest BCUT2D eigenvalue weighted by molar-refractivity contribution is 0.149. The fourth-order valence-corrected chi connectivity index (χ4v) is 3.06. The summed E-state index contributed by atoms with van der Waals surface area (Å²) in [5, 5.41) is 3.47. The minimum absolute atomic E-state index is 0.192. The van der Waals surface area contributed by atoms with Gasteiger partial charge in [-0.05, 0) is 30.3 Å². The highest BCUT2D eigenvalue weighted by atomic mass is 35.5. The molecule has 0 fully saturated rings. The van der Waals surface area contributed by atoms with Crippen molar-refractivity contribution in [1.29, 1.82) is 0 Å². The van der Waals surface area contributed by atoms with E-state index in [0.717, 1.165) is 11.3 Å². The number of fused-ring (bicyclic) bond motifs is 1. The topological polar surface area (TPSA) is 45.5 Å². The van der Waals surface area contributed by atoms with Gasteiger partial charge in [-0.2, -0.15) is 0 Å². The minimum atomic E-state index is -0.742. The number of carbonyl (C=O) groups excluding carboxylic acids is 1. The maximum absolute atomic E-state index is 12.3. The number of anilines is 1. The monoisotopic (exact) mass is 302 g/mol. The summed E-state index contributed by atoms with van der Waals surface area (Å²) in [5.74, 6) is 0.684. The molecule has 2 aromatic rings. The molecule has 1 aromatic heterocycles. The van der Waals surface area contributed by atoms with Gasteiger partial charge >= 0.3 is 6.03 Å². The Balaban J connectivity index is 2.33. The zero-order chi connectivity index (χ0) is 15.0. The van der Waals surface area contributed by atoms with Crippen LogP contribution in [-0.4, -0.2) is 18.0 Å². The van der Waals surface area contributed by atoms with E-state index >= 15 is 0 Å². The molecule has 0 saturated carbocycles. The third-order valence-electron chi connectivity index (χ3n) is 3.91. The van der Waals surface area contributed by atoms with Crippen LogP contribution in [0.25, 0.3) is 0 Å². The Bertz CT molecular complexity index is 696. The normalized spacial score (nSPS) is 20.9. The summed E-state index contributed by atoms with van der Waals surface area (Å²) in [7, 11) is 1.74. The van der Waals surface area contributed by atoms with Gasteiger partial charge in [-0.25, -0.2) is 4.79 Å². The van der Waals surface area contributed by atoms with Gasteiger partial charge in [0.1, 0.15) is 11.3 Å². The lowest BCUT2D eigenvalue weighted by Gasteiger charge is -2.44. The van der Waals surface area contributed by atoms with Crippen LogP contribution >= 0.6 is 11.6 Å². The Morgan fingerprint density at radius 3 is 2.95 bits per heavy atom. The molecule has 0 aliphatic carbocycles. The van der Waals surface area contributed by atoms with E-state index in [-0.39, 0.29) is 6.03 Å². The molecular weight excluding hydrogens is 288 g/mol. The van der Waals surface area contributed by atoms with Crippen LogP contribution in [-0.2, 0) is 5.54 Å². The standard InChI is InChI=1S/C16H15ClN2O2/c1-3-8-16(14-5-4-9-21-14)12-10-11(17)6-7-13(12)18-15(20)19(16)2/h3-7,9-10H,1,8H2,2H3,(H,18,20). The van der Waals surface area contributed by atoms with E-state index in [9.17, 15) is 4.79 Å². The van der Waals surface area contributed by atoms with Crippen molar-refractivity contribution in [2.45, 2.75) is 12.0 Å². The molecule has 1 unspecified atom stereocenters. The third kappa shape index (κ3) is 1.94. The number of hydrogen-bond acceptors (Lipinski definition) is 2. The Labute approximate surface area is 128 Å². The smallest absolute Gasteiger partial charge is 0.322 e. The Morgan fingerprint density at radius 1 is 1.48 bits per heavy atom. The van der Waals surface area contributed by atoms with Crippen molar-refractivity contribution in [1.82, 2.24) is 4.90 Å². The number of amides is 2. The van der Waals surface area contributed by atoms with E-state index in [4.69, 9.17) is 16.0 Å². The van der Waals surface area contributed by atoms with Crippen molar-refractivity contribution in [3.8, 4) is 0 Å². The summed E-state index contributed by atoms with van der Waals surface area (Å²) in [4.78, 5) is 14.0. The first-order valence-electron chi connectivity index (χ1n) is 6.59. The summed E-state index contributed by atoms with van der Waals surface area (Å²) in [5.41, 5.74) is 0.890. The van der Waals surface area contributed by atoms with Gasteiger partial charge in [-0.3, -0.25) is 0 Å². The fourth-order valence-electron chi connectivity index (χ4n) is 2.89. The van der Waals surface area contributed by atoms with Crippen molar-refractivity contribution in [2.75, 3.05) is 12.4 Å². The van der Waals surface area contributed by atoms with Crippen LogP contribution < -0.4 is 5.32 Å². The number of halogens is 1. The zero-order valence-electron chi connectivity index (χ0n) is 11.6. The van der Waals surface area contributed by atoms with Gasteiger partial charge in [0.15, 0.2) is 0 Å². The summed E-state index contributed by atoms with van der Waals surface area (Å²) >= 11 is 6.16. The van der Waals surface area contributed by atoms with Gasteiger partial charge in [0.05, 0.1) is 6.26 Å². The molecule has 21 heavy (non-hydrogen) atoms. The van der Waals surface area contributed by atoms with E-state index < -0.39 is 5.54 Å². The third-order valence-corrected chi connectivity index (χ3v) is 4.15. The highest BCUT2D eigenvalue weighted by Gasteiger charge is 2.47. The molecular formula is C16H15ClN2O2. The predicted molar refractivity (Wildman–Crippen MR) is 82.5 cm³/mol. The lowest BCUT2D eigenvalue weighted by atomic mass is 9.80. The van der Waals surface area contributed by atoms with Crippen LogP contribution in [0.2, 0.25) is 5.02 Å². The summed E-state index contributed by atoms with van der Waals surface area (Å²) in [6.07, 6.45) is 3.91. The maximum atomic E-state index is 12.3. The fraction of sp³-hybridized carbons (Fsp3) is 0.188. The van der Waals surface area contributed by atoms with E-state index in [0.29, 0.717) is 17.2 Å². The molecule has 1 aromatic carbocycles. The Kier molecular flexibility index (Phi) is 3.26. The molecule has 2 amide bonds. The van der Waals surface area contributed by atoms with E-state index in [1.165, 1.54) is 0 Å². The number of carbonyl (C=O) groups is 1. The quantitative estimate of drug-likeness (QED) is 0.862. The first kappa shape index (κ1) is 13.8. The molecule has 0 spiro atoms. The SMILES string of the molecule is C=CCC1(c2ccco2)c2cc(Cl)ccc2NC(=O)N1C. The summed E-state index contributed by atoms with van der Waals surface area (Å²) in [6, 6.07) is 8.91. The first-order chi connectivity index (χ1) is 10.1. The van der Waals surface area contributed by atoms with Gasteiger partial charge in [0.2, 0.25) is 0 Å². The van der Waals surface area contributed by atoms with Gasteiger partial charge in [0, 0.05) is 29.7 Å². The predicted octanol–water partition coefficient (Wildman–Crippen LogP) is 4.23. The molecule has 0 bridgehead atoms. The molecule has 4 nitrogen and oxygen atoms in total. The van der Waals surface area contributed by atoms with Gasteiger partial charge in [-0.15, -0.1) is 6.58 Å². The van der Waals surface area contributed by atoms with Gasteiger partial charge in [-0.1, -0.05) is 17.7 Å². The second-order valence-electron chi connectivity index (χ2n) is 5.01. The summed E-state index contributed by atoms with van der Waals surface area (Å²) in [6.45, 7) is 3.83. The average molecular weight is 303 g/mol. The molecule has 1 atom stereocenters.